The fourth-order valence-electron chi connectivity index (χ4n) is 5.34. The zero-order valence-corrected chi connectivity index (χ0v) is 20.1. The van der Waals surface area contributed by atoms with E-state index in [2.05, 4.69) is 20.3 Å². The van der Waals surface area contributed by atoms with Gasteiger partial charge in [0, 0.05) is 43.3 Å². The van der Waals surface area contributed by atoms with Crippen LogP contribution in [0.1, 0.15) is 53.6 Å². The second-order valence-corrected chi connectivity index (χ2v) is 9.89. The van der Waals surface area contributed by atoms with E-state index >= 15 is 0 Å². The minimum Gasteiger partial charge on any atom is -0.368 e. The van der Waals surface area contributed by atoms with Crippen molar-refractivity contribution in [3.05, 3.63) is 71.7 Å². The number of amides is 1. The predicted octanol–water partition coefficient (Wildman–Crippen LogP) is 5.75. The summed E-state index contributed by atoms with van der Waals surface area (Å²) < 4.78 is 38.7. The number of aryl methyl sites for hydroxylation is 1. The van der Waals surface area contributed by atoms with Crippen LogP contribution >= 0.6 is 0 Å². The summed E-state index contributed by atoms with van der Waals surface area (Å²) >= 11 is 0. The van der Waals surface area contributed by atoms with Gasteiger partial charge in [-0.15, -0.1) is 0 Å². The Kier molecular flexibility index (Phi) is 6.40. The first-order valence-electron chi connectivity index (χ1n) is 12.2. The highest BCUT2D eigenvalue weighted by molar-refractivity contribution is 6.00. The highest BCUT2D eigenvalue weighted by Crippen LogP contribution is 2.50. The van der Waals surface area contributed by atoms with Gasteiger partial charge in [-0.1, -0.05) is 24.1 Å². The number of carbonyl (C=O) groups excluding carboxylic acids is 1. The Morgan fingerprint density at radius 1 is 1.11 bits per heavy atom. The third-order valence-corrected chi connectivity index (χ3v) is 7.49. The van der Waals surface area contributed by atoms with Gasteiger partial charge < -0.3 is 10.2 Å². The summed E-state index contributed by atoms with van der Waals surface area (Å²) in [5.74, 6) is 0.775. The van der Waals surface area contributed by atoms with E-state index in [-0.39, 0.29) is 17.4 Å². The van der Waals surface area contributed by atoms with Crippen LogP contribution in [0.2, 0.25) is 0 Å². The first-order chi connectivity index (χ1) is 17.2. The summed E-state index contributed by atoms with van der Waals surface area (Å²) in [6.07, 6.45) is 5.02. The Morgan fingerprint density at radius 2 is 1.89 bits per heavy atom. The van der Waals surface area contributed by atoms with Crippen molar-refractivity contribution in [2.45, 2.75) is 51.2 Å². The first-order valence-corrected chi connectivity index (χ1v) is 12.2. The standard InChI is InChI=1S/C27H28F3N5O/c1-18-4-6-21(24-31-11-3-12-32-24)22(14-18)25(36)35-13-10-26(8-2-9-26)15-20(35)17-34-23-7-5-19(16-33-23)27(28,29)30/h3-7,11-12,14,16,20H,2,8-10,13,15,17H2,1H3,(H,33,34). The Morgan fingerprint density at radius 3 is 2.53 bits per heavy atom. The number of nitrogens with zero attached hydrogens (tertiary/aromatic N) is 4. The van der Waals surface area contributed by atoms with Crippen molar-refractivity contribution in [3.63, 3.8) is 0 Å². The molecule has 6 nitrogen and oxygen atoms in total. The molecule has 0 radical (unpaired) electrons. The van der Waals surface area contributed by atoms with Crippen LogP contribution in [0.15, 0.2) is 55.0 Å². The smallest absolute Gasteiger partial charge is 0.368 e. The molecule has 0 bridgehead atoms. The number of hydrogen-bond donors (Lipinski definition) is 1. The topological polar surface area (TPSA) is 71.0 Å². The lowest BCUT2D eigenvalue weighted by molar-refractivity contribution is -0.137. The second kappa shape index (κ2) is 9.52. The van der Waals surface area contributed by atoms with Crippen LogP contribution in [-0.4, -0.2) is 44.9 Å². The van der Waals surface area contributed by atoms with Gasteiger partial charge in [-0.05, 0) is 62.3 Å². The summed E-state index contributed by atoms with van der Waals surface area (Å²) in [5.41, 5.74) is 1.67. The molecule has 1 saturated heterocycles. The van der Waals surface area contributed by atoms with Gasteiger partial charge in [-0.25, -0.2) is 15.0 Å². The summed E-state index contributed by atoms with van der Waals surface area (Å²) in [6, 6.07) is 9.68. The first kappa shape index (κ1) is 24.2. The number of likely N-dealkylation sites (tertiary alicyclic amines) is 1. The van der Waals surface area contributed by atoms with Crippen LogP contribution in [0.25, 0.3) is 11.4 Å². The number of hydrogen-bond acceptors (Lipinski definition) is 5. The molecule has 2 fully saturated rings. The molecule has 1 spiro atoms. The van der Waals surface area contributed by atoms with Gasteiger partial charge in [-0.2, -0.15) is 13.2 Å². The van der Waals surface area contributed by atoms with E-state index in [1.54, 1.807) is 18.5 Å². The molecule has 188 valence electrons. The molecule has 1 aliphatic heterocycles. The van der Waals surface area contributed by atoms with Crippen molar-refractivity contribution in [2.24, 2.45) is 5.41 Å². The number of benzene rings is 1. The minimum atomic E-state index is -4.43. The van der Waals surface area contributed by atoms with Crippen molar-refractivity contribution in [3.8, 4) is 11.4 Å². The fourth-order valence-corrected chi connectivity index (χ4v) is 5.34. The van der Waals surface area contributed by atoms with Gasteiger partial charge in [0.2, 0.25) is 0 Å². The molecular formula is C27H28F3N5O. The molecule has 1 aliphatic carbocycles. The largest absolute Gasteiger partial charge is 0.417 e. The Bertz CT molecular complexity index is 1230. The van der Waals surface area contributed by atoms with Gasteiger partial charge >= 0.3 is 6.18 Å². The van der Waals surface area contributed by atoms with E-state index in [9.17, 15) is 18.0 Å². The zero-order valence-electron chi connectivity index (χ0n) is 20.1. The summed E-state index contributed by atoms with van der Waals surface area (Å²) in [4.78, 5) is 28.5. The molecule has 36 heavy (non-hydrogen) atoms. The number of halogens is 3. The van der Waals surface area contributed by atoms with Gasteiger partial charge in [0.25, 0.3) is 5.91 Å². The van der Waals surface area contributed by atoms with Crippen molar-refractivity contribution in [1.82, 2.24) is 19.9 Å². The van der Waals surface area contributed by atoms with Crippen molar-refractivity contribution in [1.29, 1.82) is 0 Å². The van der Waals surface area contributed by atoms with E-state index in [1.165, 1.54) is 12.5 Å². The number of piperidine rings is 1. The van der Waals surface area contributed by atoms with E-state index in [1.807, 2.05) is 30.0 Å². The van der Waals surface area contributed by atoms with E-state index in [0.717, 1.165) is 43.5 Å². The average Bonchev–Trinajstić information content (AvgIpc) is 2.86. The number of aromatic nitrogens is 3. The molecule has 1 amide bonds. The molecule has 2 aromatic heterocycles. The van der Waals surface area contributed by atoms with Crippen LogP contribution in [0.4, 0.5) is 19.0 Å². The summed E-state index contributed by atoms with van der Waals surface area (Å²) in [6.45, 7) is 2.99. The Labute approximate surface area is 208 Å². The van der Waals surface area contributed by atoms with Crippen LogP contribution in [-0.2, 0) is 6.18 Å². The lowest BCUT2D eigenvalue weighted by Crippen LogP contribution is -2.54. The number of alkyl halides is 3. The normalized spacial score (nSPS) is 19.1. The quantitative estimate of drug-likeness (QED) is 0.488. The zero-order chi connectivity index (χ0) is 25.3. The molecular weight excluding hydrogens is 467 g/mol. The lowest BCUT2D eigenvalue weighted by Gasteiger charge is -2.51. The van der Waals surface area contributed by atoms with E-state index in [0.29, 0.717) is 35.9 Å². The van der Waals surface area contributed by atoms with Gasteiger partial charge in [0.05, 0.1) is 11.1 Å². The molecule has 3 heterocycles. The highest BCUT2D eigenvalue weighted by atomic mass is 19.4. The maximum atomic E-state index is 13.9. The van der Waals surface area contributed by atoms with E-state index in [4.69, 9.17) is 0 Å². The third kappa shape index (κ3) is 4.92. The van der Waals surface area contributed by atoms with Crippen molar-refractivity contribution in [2.75, 3.05) is 18.4 Å². The number of nitrogens with one attached hydrogen (secondary N) is 1. The lowest BCUT2D eigenvalue weighted by atomic mass is 9.61. The molecule has 1 atom stereocenters. The Hall–Kier alpha value is -3.49. The minimum absolute atomic E-state index is 0.0810. The number of rotatable bonds is 5. The molecule has 2 aliphatic rings. The summed E-state index contributed by atoms with van der Waals surface area (Å²) in [5, 5.41) is 3.18. The molecule has 3 aromatic rings. The van der Waals surface area contributed by atoms with Gasteiger partial charge in [0.1, 0.15) is 5.82 Å². The predicted molar refractivity (Wildman–Crippen MR) is 130 cm³/mol. The number of carbonyl (C=O) groups is 1. The SMILES string of the molecule is Cc1ccc(-c2ncccn2)c(C(=O)N2CCC3(CCC3)CC2CNc2ccc(C(F)(F)F)cn2)c1. The van der Waals surface area contributed by atoms with Crippen LogP contribution in [0, 0.1) is 12.3 Å². The monoisotopic (exact) mass is 495 g/mol. The van der Waals surface area contributed by atoms with Crippen LogP contribution in [0.5, 0.6) is 0 Å². The van der Waals surface area contributed by atoms with Gasteiger partial charge in [0.15, 0.2) is 5.82 Å². The van der Waals surface area contributed by atoms with Crippen LogP contribution < -0.4 is 5.32 Å². The molecule has 9 heteroatoms. The van der Waals surface area contributed by atoms with Crippen molar-refractivity contribution < 1.29 is 18.0 Å². The molecule has 1 aromatic carbocycles. The number of pyridine rings is 1. The maximum absolute atomic E-state index is 13.9. The Balaban J connectivity index is 1.39. The molecule has 1 N–H and O–H groups in total. The van der Waals surface area contributed by atoms with Crippen LogP contribution in [0.3, 0.4) is 0 Å². The van der Waals surface area contributed by atoms with Crippen molar-refractivity contribution >= 4 is 11.7 Å². The van der Waals surface area contributed by atoms with E-state index < -0.39 is 11.7 Å². The second-order valence-electron chi connectivity index (χ2n) is 9.89. The highest BCUT2D eigenvalue weighted by Gasteiger charge is 2.45. The number of anilines is 1. The fraction of sp³-hybridized carbons (Fsp3) is 0.407. The molecule has 1 unspecified atom stereocenters. The maximum Gasteiger partial charge on any atom is 0.417 e. The average molecular weight is 496 g/mol. The third-order valence-electron chi connectivity index (χ3n) is 7.49. The van der Waals surface area contributed by atoms with Gasteiger partial charge in [-0.3, -0.25) is 4.79 Å². The molecule has 1 saturated carbocycles. The molecule has 5 rings (SSSR count). The summed E-state index contributed by atoms with van der Waals surface area (Å²) in [7, 11) is 0.